The number of imidazole rings is 2. The Morgan fingerprint density at radius 2 is 1.27 bits per heavy atom. The molecule has 3 aliphatic heterocycles. The number of carboxylic acid groups (broad SMARTS) is 1. The minimum absolute atomic E-state index is 0.0890. The average Bonchev–Trinajstić information content (AvgIpc) is 4.03. The average molecular weight is 766 g/mol. The summed E-state index contributed by atoms with van der Waals surface area (Å²) in [6.45, 7) is 9.96. The maximum atomic E-state index is 13.8. The van der Waals surface area contributed by atoms with Crippen LogP contribution < -0.4 is 5.32 Å². The summed E-state index contributed by atoms with van der Waals surface area (Å²) >= 11 is 1.68. The Morgan fingerprint density at radius 1 is 0.782 bits per heavy atom. The topological polar surface area (TPSA) is 163 Å². The number of aromatic amines is 2. The number of benzene rings is 2. The van der Waals surface area contributed by atoms with Gasteiger partial charge in [-0.3, -0.25) is 19.5 Å². The first kappa shape index (κ1) is 38.2. The van der Waals surface area contributed by atoms with Gasteiger partial charge in [0, 0.05) is 25.9 Å². The fourth-order valence-electron chi connectivity index (χ4n) is 8.05. The molecule has 0 bridgehead atoms. The number of nitrogens with zero attached hydrogens (tertiary/aromatic N) is 6. The monoisotopic (exact) mass is 765 g/mol. The summed E-state index contributed by atoms with van der Waals surface area (Å²) in [6.07, 6.45) is 5.95. The molecule has 2 saturated heterocycles. The highest BCUT2D eigenvalue weighted by Gasteiger charge is 2.40. The van der Waals surface area contributed by atoms with Gasteiger partial charge in [-0.15, -0.1) is 0 Å². The lowest BCUT2D eigenvalue weighted by atomic mass is 10.0. The van der Waals surface area contributed by atoms with E-state index in [2.05, 4.69) is 87.6 Å². The third-order valence-electron chi connectivity index (χ3n) is 11.0. The zero-order chi connectivity index (χ0) is 38.8. The Morgan fingerprint density at radius 3 is 1.71 bits per heavy atom. The van der Waals surface area contributed by atoms with Gasteiger partial charge in [-0.05, 0) is 59.8 Å². The van der Waals surface area contributed by atoms with Gasteiger partial charge in [0.25, 0.3) is 0 Å². The van der Waals surface area contributed by atoms with Crippen molar-refractivity contribution in [1.29, 1.82) is 0 Å². The quantitative estimate of drug-likeness (QED) is 0.129. The number of carbonyl (C=O) groups is 3. The van der Waals surface area contributed by atoms with E-state index in [1.54, 1.807) is 22.9 Å². The number of amides is 3. The van der Waals surface area contributed by atoms with Gasteiger partial charge in [-0.25, -0.2) is 14.8 Å². The van der Waals surface area contributed by atoms with Crippen molar-refractivity contribution >= 4 is 34.8 Å². The minimum Gasteiger partial charge on any atom is -0.465 e. The summed E-state index contributed by atoms with van der Waals surface area (Å²) in [5.41, 5.74) is 5.92. The molecule has 2 fully saturated rings. The normalized spacial score (nSPS) is 19.6. The second-order valence-electron chi connectivity index (χ2n) is 15.4. The summed E-state index contributed by atoms with van der Waals surface area (Å²) in [7, 11) is 1.46. The van der Waals surface area contributed by atoms with Crippen LogP contribution in [0, 0.1) is 11.8 Å². The minimum atomic E-state index is -1.12. The van der Waals surface area contributed by atoms with Crippen LogP contribution in [0.2, 0.25) is 0 Å². The van der Waals surface area contributed by atoms with Crippen LogP contribution in [0.1, 0.15) is 77.1 Å². The van der Waals surface area contributed by atoms with Gasteiger partial charge >= 0.3 is 6.09 Å². The van der Waals surface area contributed by atoms with E-state index in [1.165, 1.54) is 7.05 Å². The molecule has 55 heavy (non-hydrogen) atoms. The first-order valence-corrected chi connectivity index (χ1v) is 20.3. The zero-order valence-electron chi connectivity index (χ0n) is 32.2. The predicted molar refractivity (Wildman–Crippen MR) is 215 cm³/mol. The number of H-pyrrole nitrogens is 2. The molecule has 3 aliphatic rings. The Hall–Kier alpha value is -5.11. The molecule has 0 aliphatic carbocycles. The van der Waals surface area contributed by atoms with E-state index in [-0.39, 0.29) is 41.8 Å². The molecule has 4 aromatic rings. The molecule has 4 N–H and O–H groups in total. The van der Waals surface area contributed by atoms with Crippen molar-refractivity contribution in [3.8, 4) is 33.6 Å². The predicted octanol–water partition coefficient (Wildman–Crippen LogP) is 6.81. The van der Waals surface area contributed by atoms with Crippen molar-refractivity contribution in [3.05, 3.63) is 72.6 Å². The number of aliphatic imine (C=N–C) groups is 1. The van der Waals surface area contributed by atoms with Crippen molar-refractivity contribution in [1.82, 2.24) is 40.0 Å². The fourth-order valence-corrected chi connectivity index (χ4v) is 8.82. The van der Waals surface area contributed by atoms with Gasteiger partial charge in [0.05, 0.1) is 42.4 Å². The molecular formula is C41H51N9O4S. The Bertz CT molecular complexity index is 2020. The van der Waals surface area contributed by atoms with E-state index in [9.17, 15) is 19.5 Å². The van der Waals surface area contributed by atoms with Crippen molar-refractivity contribution in [2.75, 3.05) is 32.4 Å². The van der Waals surface area contributed by atoms with Crippen molar-refractivity contribution in [3.63, 3.8) is 0 Å². The molecule has 4 atom stereocenters. The van der Waals surface area contributed by atoms with Crippen LogP contribution in [0.3, 0.4) is 0 Å². The van der Waals surface area contributed by atoms with Crippen molar-refractivity contribution in [2.45, 2.75) is 77.5 Å². The molecule has 2 aromatic heterocycles. The third kappa shape index (κ3) is 8.00. The summed E-state index contributed by atoms with van der Waals surface area (Å²) in [6, 6.07) is 15.3. The van der Waals surface area contributed by atoms with Gasteiger partial charge in [0.1, 0.15) is 23.7 Å². The number of aromatic nitrogens is 4. The van der Waals surface area contributed by atoms with Crippen LogP contribution >= 0.6 is 11.8 Å². The van der Waals surface area contributed by atoms with Gasteiger partial charge in [-0.1, -0.05) is 88.0 Å². The van der Waals surface area contributed by atoms with Crippen LogP contribution in [0.4, 0.5) is 4.79 Å². The van der Waals surface area contributed by atoms with E-state index in [0.717, 1.165) is 87.5 Å². The first-order valence-electron chi connectivity index (χ1n) is 19.3. The van der Waals surface area contributed by atoms with E-state index >= 15 is 0 Å². The Kier molecular flexibility index (Phi) is 11.3. The highest BCUT2D eigenvalue weighted by Crippen LogP contribution is 2.35. The molecule has 0 spiro atoms. The number of nitrogens with one attached hydrogen (secondary N) is 3. The number of thioether (sulfide) groups is 1. The smallest absolute Gasteiger partial charge is 0.407 e. The largest absolute Gasteiger partial charge is 0.465 e. The lowest BCUT2D eigenvalue weighted by Gasteiger charge is -2.33. The summed E-state index contributed by atoms with van der Waals surface area (Å²) in [4.78, 5) is 64.9. The molecule has 2 aromatic carbocycles. The van der Waals surface area contributed by atoms with Crippen LogP contribution in [0.15, 0.2) is 65.9 Å². The molecule has 13 nitrogen and oxygen atoms in total. The Balaban J connectivity index is 1.00. The van der Waals surface area contributed by atoms with Gasteiger partial charge in [0.2, 0.25) is 11.8 Å². The standard InChI is InChI=1S/C41H51N9O4S/c1-24(2)34(47-40-42-18-21-55-40)38(51)49-19-6-8-32(49)36-43-22-30(45-36)28-14-10-26(11-15-28)27-12-16-29(17-13-27)31-23-44-37(46-31)33-9-7-20-50(33)39(52)35(25(3)4)48(5)41(53)54/h10-17,22-25,32-35H,6-9,18-21H2,1-5H3,(H,42,47)(H,43,45)(H,44,46)(H,53,54)/t32-,33-,34-,35-/m0/s1. The number of amidine groups is 1. The fraction of sp³-hybridized carbons (Fsp3) is 0.463. The van der Waals surface area contributed by atoms with Crippen LogP contribution in [0.5, 0.6) is 0 Å². The SMILES string of the molecule is CC(C)[C@H](NC1=NCCS1)C(=O)N1CCC[C@H]1c1ncc(-c2ccc(-c3ccc(-c4cnc([C@@H]5CCCN5C(=O)[C@H](C(C)C)N(C)C(=O)O)[nH]4)cc3)cc2)[nH]1. The molecule has 5 heterocycles. The van der Waals surface area contributed by atoms with Crippen molar-refractivity contribution in [2.24, 2.45) is 16.8 Å². The summed E-state index contributed by atoms with van der Waals surface area (Å²) in [5.74, 6) is 2.36. The number of likely N-dealkylation sites (tertiary alicyclic amines) is 2. The van der Waals surface area contributed by atoms with Gasteiger partial charge in [-0.2, -0.15) is 0 Å². The maximum absolute atomic E-state index is 13.8. The zero-order valence-corrected chi connectivity index (χ0v) is 33.0. The highest BCUT2D eigenvalue weighted by molar-refractivity contribution is 8.14. The van der Waals surface area contributed by atoms with Gasteiger partial charge in [0.15, 0.2) is 5.17 Å². The molecule has 7 rings (SSSR count). The molecular weight excluding hydrogens is 715 g/mol. The van der Waals surface area contributed by atoms with Crippen LogP contribution in [0.25, 0.3) is 33.6 Å². The molecule has 0 radical (unpaired) electrons. The Labute approximate surface area is 326 Å². The lowest BCUT2D eigenvalue weighted by Crippen LogP contribution is -2.51. The van der Waals surface area contributed by atoms with E-state index < -0.39 is 12.1 Å². The van der Waals surface area contributed by atoms with E-state index in [1.807, 2.05) is 24.9 Å². The first-order chi connectivity index (χ1) is 26.5. The lowest BCUT2D eigenvalue weighted by molar-refractivity contribution is -0.138. The molecule has 0 saturated carbocycles. The number of carbonyl (C=O) groups excluding carboxylic acids is 2. The second kappa shape index (κ2) is 16.3. The number of hydrogen-bond acceptors (Lipinski definition) is 8. The third-order valence-corrected chi connectivity index (χ3v) is 11.9. The van der Waals surface area contributed by atoms with Crippen molar-refractivity contribution < 1.29 is 19.5 Å². The number of rotatable bonds is 11. The number of hydrogen-bond donors (Lipinski definition) is 4. The molecule has 290 valence electrons. The van der Waals surface area contributed by atoms with Gasteiger partial charge < -0.3 is 30.2 Å². The second-order valence-corrected chi connectivity index (χ2v) is 16.5. The van der Waals surface area contributed by atoms with Crippen LogP contribution in [-0.2, 0) is 9.59 Å². The maximum Gasteiger partial charge on any atom is 0.407 e. The highest BCUT2D eigenvalue weighted by atomic mass is 32.2. The number of likely N-dealkylation sites (N-methyl/N-ethyl adjacent to an activating group) is 1. The summed E-state index contributed by atoms with van der Waals surface area (Å²) in [5, 5.41) is 13.9. The van der Waals surface area contributed by atoms with E-state index in [0.29, 0.717) is 18.9 Å². The van der Waals surface area contributed by atoms with Crippen LogP contribution in [-0.4, -0.2) is 107 Å². The summed E-state index contributed by atoms with van der Waals surface area (Å²) < 4.78 is 0. The molecule has 3 amide bonds. The molecule has 14 heteroatoms. The van der Waals surface area contributed by atoms with E-state index in [4.69, 9.17) is 4.98 Å². The molecule has 0 unspecified atom stereocenters.